The molecular weight excluding hydrogens is 378 g/mol. The zero-order valence-corrected chi connectivity index (χ0v) is 17.4. The minimum absolute atomic E-state index is 0.139. The maximum Gasteiger partial charge on any atom is 0.337 e. The highest BCUT2D eigenvalue weighted by Gasteiger charge is 2.24. The summed E-state index contributed by atoms with van der Waals surface area (Å²) in [5.74, 6) is -0.350. The van der Waals surface area contributed by atoms with Crippen LogP contribution in [-0.2, 0) is 10.0 Å². The van der Waals surface area contributed by atoms with E-state index in [4.69, 9.17) is 0 Å². The Hall–Kier alpha value is -1.80. The van der Waals surface area contributed by atoms with Crippen LogP contribution in [0.3, 0.4) is 0 Å². The summed E-state index contributed by atoms with van der Waals surface area (Å²) in [6.45, 7) is 5.31. The number of carboxylic acid groups (broad SMARTS) is 1. The van der Waals surface area contributed by atoms with Gasteiger partial charge >= 0.3 is 5.97 Å². The largest absolute Gasteiger partial charge is 0.478 e. The predicted molar refractivity (Wildman–Crippen MR) is 112 cm³/mol. The van der Waals surface area contributed by atoms with Gasteiger partial charge in [0.1, 0.15) is 0 Å². The van der Waals surface area contributed by atoms with E-state index in [2.05, 4.69) is 14.5 Å². The highest BCUT2D eigenvalue weighted by Crippen LogP contribution is 2.30. The Morgan fingerprint density at radius 2 is 1.82 bits per heavy atom. The van der Waals surface area contributed by atoms with Crippen molar-refractivity contribution in [3.05, 3.63) is 23.8 Å². The lowest BCUT2D eigenvalue weighted by atomic mass is 9.92. The van der Waals surface area contributed by atoms with Crippen molar-refractivity contribution in [2.45, 2.75) is 38.5 Å². The van der Waals surface area contributed by atoms with E-state index in [0.29, 0.717) is 11.6 Å². The molecule has 2 heterocycles. The number of nitrogens with one attached hydrogen (secondary N) is 1. The first-order valence-corrected chi connectivity index (χ1v) is 12.0. The van der Waals surface area contributed by atoms with Crippen molar-refractivity contribution in [2.24, 2.45) is 5.92 Å². The van der Waals surface area contributed by atoms with Gasteiger partial charge in [0.25, 0.3) is 0 Å². The molecule has 1 aromatic rings. The highest BCUT2D eigenvalue weighted by molar-refractivity contribution is 7.92. The van der Waals surface area contributed by atoms with Crippen LogP contribution >= 0.6 is 0 Å². The molecule has 2 fully saturated rings. The van der Waals surface area contributed by atoms with Crippen LogP contribution in [0.15, 0.2) is 18.2 Å². The van der Waals surface area contributed by atoms with Crippen molar-refractivity contribution in [1.29, 1.82) is 0 Å². The Kier molecular flexibility index (Phi) is 6.82. The number of benzene rings is 1. The number of sulfonamides is 1. The molecule has 156 valence electrons. The van der Waals surface area contributed by atoms with Gasteiger partial charge in [-0.05, 0) is 75.9 Å². The molecule has 7 nitrogen and oxygen atoms in total. The number of carbonyl (C=O) groups is 1. The van der Waals surface area contributed by atoms with Crippen molar-refractivity contribution >= 4 is 27.4 Å². The molecule has 0 unspecified atom stereocenters. The normalized spacial score (nSPS) is 19.5. The molecule has 28 heavy (non-hydrogen) atoms. The van der Waals surface area contributed by atoms with Gasteiger partial charge in [-0.15, -0.1) is 0 Å². The fourth-order valence-electron chi connectivity index (χ4n) is 4.27. The third-order valence-corrected chi connectivity index (χ3v) is 6.39. The van der Waals surface area contributed by atoms with Crippen LogP contribution in [0.4, 0.5) is 11.4 Å². The van der Waals surface area contributed by atoms with E-state index in [1.54, 1.807) is 12.1 Å². The average Bonchev–Trinajstić information content (AvgIpc) is 2.66. The zero-order chi connectivity index (χ0) is 20.1. The number of anilines is 2. The lowest BCUT2D eigenvalue weighted by molar-refractivity contribution is 0.0697. The van der Waals surface area contributed by atoms with E-state index in [-0.39, 0.29) is 11.3 Å². The second kappa shape index (κ2) is 9.13. The van der Waals surface area contributed by atoms with Gasteiger partial charge < -0.3 is 14.9 Å². The summed E-state index contributed by atoms with van der Waals surface area (Å²) in [4.78, 5) is 16.4. The number of carboxylic acids is 1. The SMILES string of the molecule is CS(=O)(=O)Nc1ccc(N2CCC(CCN3CCCCC3)CC2)c(C(=O)O)c1. The molecule has 0 aromatic heterocycles. The second-order valence-electron chi connectivity index (χ2n) is 8.03. The Labute approximate surface area is 167 Å². The molecule has 0 aliphatic carbocycles. The van der Waals surface area contributed by atoms with Crippen LogP contribution in [-0.4, -0.2) is 63.4 Å². The van der Waals surface area contributed by atoms with Crippen LogP contribution in [0.2, 0.25) is 0 Å². The van der Waals surface area contributed by atoms with Gasteiger partial charge in [-0.1, -0.05) is 6.42 Å². The smallest absolute Gasteiger partial charge is 0.337 e. The molecule has 2 N–H and O–H groups in total. The summed E-state index contributed by atoms with van der Waals surface area (Å²) in [5.41, 5.74) is 1.08. The van der Waals surface area contributed by atoms with Gasteiger partial charge in [-0.2, -0.15) is 0 Å². The lowest BCUT2D eigenvalue weighted by Crippen LogP contribution is -2.37. The zero-order valence-electron chi connectivity index (χ0n) is 16.6. The maximum atomic E-state index is 11.7. The molecule has 0 spiro atoms. The van der Waals surface area contributed by atoms with Crippen molar-refractivity contribution in [2.75, 3.05) is 48.6 Å². The van der Waals surface area contributed by atoms with Crippen LogP contribution < -0.4 is 9.62 Å². The number of hydrogen-bond acceptors (Lipinski definition) is 5. The Bertz CT molecular complexity index is 783. The van der Waals surface area contributed by atoms with Crippen molar-refractivity contribution < 1.29 is 18.3 Å². The molecule has 0 atom stereocenters. The summed E-state index contributed by atoms with van der Waals surface area (Å²) in [5, 5.41) is 9.59. The maximum absolute atomic E-state index is 11.7. The van der Waals surface area contributed by atoms with Gasteiger partial charge in [-0.25, -0.2) is 13.2 Å². The first-order valence-electron chi connectivity index (χ1n) is 10.1. The fraction of sp³-hybridized carbons (Fsp3) is 0.650. The number of aromatic carboxylic acids is 1. The summed E-state index contributed by atoms with van der Waals surface area (Å²) in [6, 6.07) is 4.75. The highest BCUT2D eigenvalue weighted by atomic mass is 32.2. The molecule has 0 bridgehead atoms. The number of hydrogen-bond donors (Lipinski definition) is 2. The Morgan fingerprint density at radius 1 is 1.14 bits per heavy atom. The molecule has 2 aliphatic rings. The molecular formula is C20H31N3O4S. The molecule has 3 rings (SSSR count). The summed E-state index contributed by atoms with van der Waals surface area (Å²) >= 11 is 0. The second-order valence-corrected chi connectivity index (χ2v) is 9.78. The van der Waals surface area contributed by atoms with Gasteiger partial charge in [0.2, 0.25) is 10.0 Å². The van der Waals surface area contributed by atoms with Crippen LogP contribution in [0.5, 0.6) is 0 Å². The quantitative estimate of drug-likeness (QED) is 0.720. The van der Waals surface area contributed by atoms with E-state index in [1.165, 1.54) is 51.4 Å². The minimum atomic E-state index is -3.44. The van der Waals surface area contributed by atoms with Crippen LogP contribution in [0, 0.1) is 5.92 Å². The van der Waals surface area contributed by atoms with E-state index in [0.717, 1.165) is 32.2 Å². The number of nitrogens with zero attached hydrogens (tertiary/aromatic N) is 2. The third kappa shape index (κ3) is 5.85. The Morgan fingerprint density at radius 3 is 2.43 bits per heavy atom. The predicted octanol–water partition coefficient (Wildman–Crippen LogP) is 2.85. The summed E-state index contributed by atoms with van der Waals surface area (Å²) in [6.07, 6.45) is 8.40. The van der Waals surface area contributed by atoms with E-state index >= 15 is 0 Å². The van der Waals surface area contributed by atoms with Gasteiger partial charge in [0.05, 0.1) is 17.5 Å². The van der Waals surface area contributed by atoms with Crippen molar-refractivity contribution in [1.82, 2.24) is 4.90 Å². The first kappa shape index (κ1) is 20.9. The fourth-order valence-corrected chi connectivity index (χ4v) is 4.83. The molecule has 2 aliphatic heterocycles. The van der Waals surface area contributed by atoms with E-state index in [1.807, 2.05) is 0 Å². The molecule has 0 radical (unpaired) electrons. The first-order chi connectivity index (χ1) is 13.3. The standard InChI is InChI=1S/C20H31N3O4S/c1-28(26,27)21-17-5-6-19(18(15-17)20(24)25)23-13-8-16(9-14-23)7-12-22-10-3-2-4-11-22/h5-6,15-16,21H,2-4,7-14H2,1H3,(H,24,25). The Balaban J connectivity index is 1.59. The molecule has 1 aromatic carbocycles. The van der Waals surface area contributed by atoms with Crippen molar-refractivity contribution in [3.8, 4) is 0 Å². The molecule has 0 amide bonds. The molecule has 2 saturated heterocycles. The summed E-state index contributed by atoms with van der Waals surface area (Å²) < 4.78 is 25.2. The van der Waals surface area contributed by atoms with E-state index < -0.39 is 16.0 Å². The van der Waals surface area contributed by atoms with Crippen molar-refractivity contribution in [3.63, 3.8) is 0 Å². The lowest BCUT2D eigenvalue weighted by Gasteiger charge is -2.35. The van der Waals surface area contributed by atoms with Gasteiger partial charge in [0.15, 0.2) is 0 Å². The third-order valence-electron chi connectivity index (χ3n) is 5.79. The number of piperidine rings is 2. The van der Waals surface area contributed by atoms with Gasteiger partial charge in [0, 0.05) is 18.8 Å². The molecule has 0 saturated carbocycles. The number of likely N-dealkylation sites (tertiary alicyclic amines) is 1. The summed E-state index contributed by atoms with van der Waals surface area (Å²) in [7, 11) is -3.44. The van der Waals surface area contributed by atoms with E-state index in [9.17, 15) is 18.3 Å². The minimum Gasteiger partial charge on any atom is -0.478 e. The van der Waals surface area contributed by atoms with Crippen LogP contribution in [0.25, 0.3) is 0 Å². The molecule has 8 heteroatoms. The topological polar surface area (TPSA) is 90.0 Å². The average molecular weight is 410 g/mol. The van der Waals surface area contributed by atoms with Gasteiger partial charge in [-0.3, -0.25) is 4.72 Å². The van der Waals surface area contributed by atoms with Crippen LogP contribution in [0.1, 0.15) is 48.9 Å². The number of rotatable bonds is 7. The monoisotopic (exact) mass is 409 g/mol.